The number of carbonyl (C=O) groups excluding carboxylic acids is 2. The number of anilines is 1. The van der Waals surface area contributed by atoms with Crippen LogP contribution in [0.3, 0.4) is 0 Å². The van der Waals surface area contributed by atoms with Crippen LogP contribution in [-0.2, 0) is 17.6 Å². The van der Waals surface area contributed by atoms with Crippen molar-refractivity contribution in [2.45, 2.75) is 25.3 Å². The lowest BCUT2D eigenvalue weighted by molar-refractivity contribution is -0.120. The van der Waals surface area contributed by atoms with Crippen LogP contribution in [0.2, 0.25) is 0 Å². The third-order valence-corrected chi connectivity index (χ3v) is 5.43. The third kappa shape index (κ3) is 5.33. The fourth-order valence-corrected chi connectivity index (χ4v) is 3.66. The van der Waals surface area contributed by atoms with Crippen molar-refractivity contribution in [3.05, 3.63) is 75.7 Å². The number of benzene rings is 2. The van der Waals surface area contributed by atoms with Gasteiger partial charge in [-0.05, 0) is 53.8 Å². The van der Waals surface area contributed by atoms with E-state index in [0.717, 1.165) is 27.5 Å². The van der Waals surface area contributed by atoms with E-state index in [-0.39, 0.29) is 11.7 Å². The Labute approximate surface area is 182 Å². The van der Waals surface area contributed by atoms with Crippen LogP contribution in [0, 0.1) is 11.2 Å². The molecule has 0 fully saturated rings. The highest BCUT2D eigenvalue weighted by Crippen LogP contribution is 2.29. The SMILES string of the molecule is CN1C(=O)C(NC(=O)N/C=C(\C=N)Cc2ccc(F)cc2)CCc2ccc(Br)cc21. The highest BCUT2D eigenvalue weighted by molar-refractivity contribution is 9.10. The third-order valence-electron chi connectivity index (χ3n) is 4.94. The maximum Gasteiger partial charge on any atom is 0.319 e. The van der Waals surface area contributed by atoms with Crippen molar-refractivity contribution in [2.24, 2.45) is 0 Å². The lowest BCUT2D eigenvalue weighted by Gasteiger charge is -2.22. The number of hydrogen-bond donors (Lipinski definition) is 3. The van der Waals surface area contributed by atoms with Crippen molar-refractivity contribution in [1.82, 2.24) is 10.6 Å². The zero-order valence-corrected chi connectivity index (χ0v) is 18.0. The predicted octanol–water partition coefficient (Wildman–Crippen LogP) is 3.94. The second kappa shape index (κ2) is 9.67. The van der Waals surface area contributed by atoms with Gasteiger partial charge >= 0.3 is 6.03 Å². The minimum absolute atomic E-state index is 0.190. The molecule has 6 nitrogen and oxygen atoms in total. The summed E-state index contributed by atoms with van der Waals surface area (Å²) >= 11 is 3.43. The lowest BCUT2D eigenvalue weighted by Crippen LogP contribution is -2.49. The quantitative estimate of drug-likeness (QED) is 0.575. The first kappa shape index (κ1) is 21.7. The molecule has 1 unspecified atom stereocenters. The monoisotopic (exact) mass is 472 g/mol. The minimum atomic E-state index is -0.657. The topological polar surface area (TPSA) is 85.3 Å². The number of nitrogens with zero attached hydrogens (tertiary/aromatic N) is 1. The standard InChI is InChI=1S/C22H22BrFN4O2/c1-28-20-11-17(23)6-4-16(20)5-9-19(21(28)29)27-22(30)26-13-15(12-25)10-14-2-7-18(24)8-3-14/h2-4,6-8,11-13,19,25H,5,9-10H2,1H3,(H2,26,27,30)/b15-13-,25-12?. The van der Waals surface area contributed by atoms with Gasteiger partial charge in [0.25, 0.3) is 0 Å². The highest BCUT2D eigenvalue weighted by Gasteiger charge is 2.29. The van der Waals surface area contributed by atoms with Gasteiger partial charge in [-0.2, -0.15) is 0 Å². The van der Waals surface area contributed by atoms with E-state index in [1.165, 1.54) is 18.3 Å². The van der Waals surface area contributed by atoms with Gasteiger partial charge in [-0.15, -0.1) is 0 Å². The molecule has 0 aliphatic carbocycles. The van der Waals surface area contributed by atoms with Crippen LogP contribution in [0.4, 0.5) is 14.9 Å². The number of amides is 3. The van der Waals surface area contributed by atoms with Crippen molar-refractivity contribution in [3.63, 3.8) is 0 Å². The summed E-state index contributed by atoms with van der Waals surface area (Å²) in [5.74, 6) is -0.520. The summed E-state index contributed by atoms with van der Waals surface area (Å²) in [6, 6.07) is 10.6. The van der Waals surface area contributed by atoms with Gasteiger partial charge in [0, 0.05) is 36.0 Å². The van der Waals surface area contributed by atoms with Crippen molar-refractivity contribution >= 4 is 39.8 Å². The molecule has 30 heavy (non-hydrogen) atoms. The molecule has 0 radical (unpaired) electrons. The van der Waals surface area contributed by atoms with Crippen LogP contribution in [0.25, 0.3) is 0 Å². The lowest BCUT2D eigenvalue weighted by atomic mass is 10.1. The Kier molecular flexibility index (Phi) is 6.99. The van der Waals surface area contributed by atoms with Crippen LogP contribution in [-0.4, -0.2) is 31.2 Å². The number of rotatable bonds is 5. The normalized spacial score (nSPS) is 16.5. The molecule has 8 heteroatoms. The molecule has 3 N–H and O–H groups in total. The molecule has 3 amide bonds. The van der Waals surface area contributed by atoms with Crippen LogP contribution in [0.15, 0.2) is 58.7 Å². The van der Waals surface area contributed by atoms with E-state index >= 15 is 0 Å². The first-order chi connectivity index (χ1) is 14.4. The number of aryl methyl sites for hydroxylation is 1. The van der Waals surface area contributed by atoms with Crippen LogP contribution in [0.5, 0.6) is 0 Å². The number of fused-ring (bicyclic) bond motifs is 1. The molecule has 0 aromatic heterocycles. The Bertz CT molecular complexity index is 991. The number of urea groups is 1. The molecule has 3 rings (SSSR count). The Morgan fingerprint density at radius 3 is 2.73 bits per heavy atom. The number of halogens is 2. The summed E-state index contributed by atoms with van der Waals surface area (Å²) in [6.45, 7) is 0. The first-order valence-corrected chi connectivity index (χ1v) is 10.2. The zero-order valence-electron chi connectivity index (χ0n) is 16.4. The highest BCUT2D eigenvalue weighted by atomic mass is 79.9. The Morgan fingerprint density at radius 1 is 1.30 bits per heavy atom. The second-order valence-electron chi connectivity index (χ2n) is 7.05. The second-order valence-corrected chi connectivity index (χ2v) is 7.96. The first-order valence-electron chi connectivity index (χ1n) is 9.44. The van der Waals surface area contributed by atoms with Gasteiger partial charge in [0.15, 0.2) is 0 Å². The summed E-state index contributed by atoms with van der Waals surface area (Å²) in [6.07, 6.45) is 4.07. The van der Waals surface area contributed by atoms with Gasteiger partial charge in [-0.3, -0.25) is 4.79 Å². The summed E-state index contributed by atoms with van der Waals surface area (Å²) in [5.41, 5.74) is 3.23. The van der Waals surface area contributed by atoms with E-state index < -0.39 is 12.1 Å². The van der Waals surface area contributed by atoms with Gasteiger partial charge in [-0.1, -0.05) is 34.1 Å². The minimum Gasteiger partial charge on any atom is -0.326 e. The molecule has 0 bridgehead atoms. The van der Waals surface area contributed by atoms with Gasteiger partial charge in [0.05, 0.1) is 0 Å². The summed E-state index contributed by atoms with van der Waals surface area (Å²) in [7, 11) is 1.70. The number of carbonyl (C=O) groups is 2. The molecular formula is C22H22BrFN4O2. The summed E-state index contributed by atoms with van der Waals surface area (Å²) in [4.78, 5) is 26.7. The molecule has 1 atom stereocenters. The average Bonchev–Trinajstić information content (AvgIpc) is 2.85. The van der Waals surface area contributed by atoms with Gasteiger partial charge in [0.2, 0.25) is 5.91 Å². The molecular weight excluding hydrogens is 451 g/mol. The number of hydrogen-bond acceptors (Lipinski definition) is 3. The molecule has 1 heterocycles. The van der Waals surface area contributed by atoms with Crippen LogP contribution in [0.1, 0.15) is 17.5 Å². The fourth-order valence-electron chi connectivity index (χ4n) is 3.31. The van der Waals surface area contributed by atoms with Crippen molar-refractivity contribution in [1.29, 1.82) is 5.41 Å². The van der Waals surface area contributed by atoms with Crippen molar-refractivity contribution in [2.75, 3.05) is 11.9 Å². The largest absolute Gasteiger partial charge is 0.326 e. The summed E-state index contributed by atoms with van der Waals surface area (Å²) in [5, 5.41) is 12.8. The fraction of sp³-hybridized carbons (Fsp3) is 0.227. The molecule has 156 valence electrons. The maximum atomic E-state index is 13.0. The average molecular weight is 473 g/mol. The van der Waals surface area contributed by atoms with E-state index in [4.69, 9.17) is 5.41 Å². The Hall–Kier alpha value is -3.00. The molecule has 2 aromatic carbocycles. The van der Waals surface area contributed by atoms with Crippen molar-refractivity contribution in [3.8, 4) is 0 Å². The number of likely N-dealkylation sites (N-methyl/N-ethyl adjacent to an activating group) is 1. The predicted molar refractivity (Wildman–Crippen MR) is 118 cm³/mol. The van der Waals surface area contributed by atoms with Gasteiger partial charge < -0.3 is 20.9 Å². The van der Waals surface area contributed by atoms with Crippen LogP contribution < -0.4 is 15.5 Å². The van der Waals surface area contributed by atoms with E-state index in [9.17, 15) is 14.0 Å². The molecule has 0 saturated heterocycles. The number of allylic oxidation sites excluding steroid dienone is 1. The number of nitrogens with one attached hydrogen (secondary N) is 3. The molecule has 1 aliphatic rings. The Morgan fingerprint density at radius 2 is 2.03 bits per heavy atom. The van der Waals surface area contributed by atoms with E-state index in [0.29, 0.717) is 24.8 Å². The van der Waals surface area contributed by atoms with E-state index in [1.54, 1.807) is 24.1 Å². The Balaban J connectivity index is 1.62. The van der Waals surface area contributed by atoms with Crippen LogP contribution >= 0.6 is 15.9 Å². The van der Waals surface area contributed by atoms with Gasteiger partial charge in [0.1, 0.15) is 11.9 Å². The summed E-state index contributed by atoms with van der Waals surface area (Å²) < 4.78 is 13.9. The molecule has 0 spiro atoms. The molecule has 0 saturated carbocycles. The molecule has 1 aliphatic heterocycles. The maximum absolute atomic E-state index is 13.0. The van der Waals surface area contributed by atoms with E-state index in [2.05, 4.69) is 26.6 Å². The zero-order chi connectivity index (χ0) is 21.7. The van der Waals surface area contributed by atoms with Gasteiger partial charge in [-0.25, -0.2) is 9.18 Å². The molecule has 2 aromatic rings. The smallest absolute Gasteiger partial charge is 0.319 e. The van der Waals surface area contributed by atoms with E-state index in [1.807, 2.05) is 18.2 Å². The van der Waals surface area contributed by atoms with Crippen molar-refractivity contribution < 1.29 is 14.0 Å².